The van der Waals surface area contributed by atoms with Crippen LogP contribution in [-0.2, 0) is 4.79 Å². The van der Waals surface area contributed by atoms with Gasteiger partial charge in [-0.05, 0) is 30.0 Å². The average Bonchev–Trinajstić information content (AvgIpc) is 2.59. The summed E-state index contributed by atoms with van der Waals surface area (Å²) in [6.45, 7) is 10.5. The molecular formula is C21H35N2O2S+. The topological polar surface area (TPSA) is 29.5 Å². The predicted octanol–water partition coefficient (Wildman–Crippen LogP) is 3.54. The van der Waals surface area contributed by atoms with Gasteiger partial charge < -0.3 is 14.1 Å². The minimum absolute atomic E-state index is 0.289. The van der Waals surface area contributed by atoms with Gasteiger partial charge in [-0.3, -0.25) is 4.79 Å². The van der Waals surface area contributed by atoms with Gasteiger partial charge in [-0.2, -0.15) is 11.8 Å². The molecule has 1 aliphatic rings. The lowest BCUT2D eigenvalue weighted by atomic mass is 10.0. The summed E-state index contributed by atoms with van der Waals surface area (Å²) < 4.78 is 6.81. The van der Waals surface area contributed by atoms with Crippen molar-refractivity contribution < 1.29 is 14.0 Å². The summed E-state index contributed by atoms with van der Waals surface area (Å²) in [4.78, 5) is 14.5. The van der Waals surface area contributed by atoms with Crippen LogP contribution in [-0.4, -0.2) is 73.7 Å². The van der Waals surface area contributed by atoms with Crippen LogP contribution in [0.25, 0.3) is 0 Å². The quantitative estimate of drug-likeness (QED) is 0.511. The van der Waals surface area contributed by atoms with E-state index in [0.717, 1.165) is 47.8 Å². The van der Waals surface area contributed by atoms with Crippen molar-refractivity contribution in [2.45, 2.75) is 33.1 Å². The Morgan fingerprint density at radius 1 is 1.27 bits per heavy atom. The van der Waals surface area contributed by atoms with E-state index in [-0.39, 0.29) is 5.91 Å². The van der Waals surface area contributed by atoms with E-state index in [0.29, 0.717) is 19.1 Å². The van der Waals surface area contributed by atoms with Crippen LogP contribution in [0.15, 0.2) is 18.2 Å². The lowest BCUT2D eigenvalue weighted by molar-refractivity contribution is -0.882. The molecule has 1 amide bonds. The number of carbonyl (C=O) groups excluding carboxylic acids is 1. The predicted molar refractivity (Wildman–Crippen MR) is 111 cm³/mol. The SMILES string of the molecule is Cc1ccc(C(C)C)c(OCCC[N+](C)(C)CC(=O)N2CCSCC2)c1. The minimum atomic E-state index is 0.289. The van der Waals surface area contributed by atoms with Crippen molar-refractivity contribution in [3.63, 3.8) is 0 Å². The molecule has 0 saturated carbocycles. The molecule has 1 saturated heterocycles. The zero-order valence-electron chi connectivity index (χ0n) is 17.1. The highest BCUT2D eigenvalue weighted by Crippen LogP contribution is 2.27. The summed E-state index contributed by atoms with van der Waals surface area (Å²) in [5.74, 6) is 3.89. The van der Waals surface area contributed by atoms with Crippen LogP contribution < -0.4 is 4.74 Å². The molecule has 0 spiro atoms. The van der Waals surface area contributed by atoms with Crippen LogP contribution in [0.5, 0.6) is 5.75 Å². The van der Waals surface area contributed by atoms with Crippen molar-refractivity contribution in [2.24, 2.45) is 0 Å². The second-order valence-electron chi connectivity index (χ2n) is 8.21. The number of benzene rings is 1. The van der Waals surface area contributed by atoms with Gasteiger partial charge in [-0.1, -0.05) is 26.0 Å². The van der Waals surface area contributed by atoms with Gasteiger partial charge in [-0.25, -0.2) is 0 Å². The standard InChI is InChI=1S/C21H35N2O2S/c1-17(2)19-8-7-18(3)15-20(19)25-12-6-11-23(4,5)16-21(24)22-9-13-26-14-10-22/h7-8,15,17H,6,9-14,16H2,1-5H3/q+1. The zero-order valence-corrected chi connectivity index (χ0v) is 17.9. The van der Waals surface area contributed by atoms with Crippen LogP contribution in [0.4, 0.5) is 0 Å². The molecule has 146 valence electrons. The molecule has 5 heteroatoms. The summed E-state index contributed by atoms with van der Waals surface area (Å²) in [7, 11) is 4.28. The van der Waals surface area contributed by atoms with Gasteiger partial charge in [0.15, 0.2) is 6.54 Å². The highest BCUT2D eigenvalue weighted by atomic mass is 32.2. The zero-order chi connectivity index (χ0) is 19.2. The normalized spacial score (nSPS) is 15.4. The summed E-state index contributed by atoms with van der Waals surface area (Å²) >= 11 is 1.94. The number of likely N-dealkylation sites (N-methyl/N-ethyl adjacent to an activating group) is 1. The molecule has 2 rings (SSSR count). The fraction of sp³-hybridized carbons (Fsp3) is 0.667. The molecule has 1 fully saturated rings. The Kier molecular flexibility index (Phi) is 7.84. The first-order valence-electron chi connectivity index (χ1n) is 9.69. The number of nitrogens with zero attached hydrogens (tertiary/aromatic N) is 2. The maximum Gasteiger partial charge on any atom is 0.277 e. The van der Waals surface area contributed by atoms with Gasteiger partial charge in [0.05, 0.1) is 27.2 Å². The third-order valence-electron chi connectivity index (χ3n) is 4.88. The number of thioether (sulfide) groups is 1. The Bertz CT molecular complexity index is 596. The Morgan fingerprint density at radius 2 is 1.96 bits per heavy atom. The van der Waals surface area contributed by atoms with Crippen LogP contribution in [0.1, 0.15) is 37.3 Å². The maximum atomic E-state index is 12.5. The molecular weight excluding hydrogens is 344 g/mol. The Balaban J connectivity index is 1.79. The smallest absolute Gasteiger partial charge is 0.277 e. The minimum Gasteiger partial charge on any atom is -0.493 e. The van der Waals surface area contributed by atoms with Crippen molar-refractivity contribution in [1.82, 2.24) is 4.90 Å². The molecule has 0 atom stereocenters. The molecule has 0 unspecified atom stereocenters. The van der Waals surface area contributed by atoms with Gasteiger partial charge in [0, 0.05) is 31.0 Å². The molecule has 0 N–H and O–H groups in total. The number of carbonyl (C=O) groups is 1. The highest BCUT2D eigenvalue weighted by Gasteiger charge is 2.25. The van der Waals surface area contributed by atoms with Gasteiger partial charge in [-0.15, -0.1) is 0 Å². The van der Waals surface area contributed by atoms with Crippen LogP contribution in [0.2, 0.25) is 0 Å². The van der Waals surface area contributed by atoms with E-state index >= 15 is 0 Å². The molecule has 0 aliphatic carbocycles. The maximum absolute atomic E-state index is 12.5. The van der Waals surface area contributed by atoms with E-state index in [1.54, 1.807) is 0 Å². The van der Waals surface area contributed by atoms with Crippen molar-refractivity contribution in [3.05, 3.63) is 29.3 Å². The van der Waals surface area contributed by atoms with E-state index in [1.165, 1.54) is 11.1 Å². The lowest BCUT2D eigenvalue weighted by Gasteiger charge is -2.33. The number of hydrogen-bond donors (Lipinski definition) is 0. The van der Waals surface area contributed by atoms with Gasteiger partial charge in [0.25, 0.3) is 5.91 Å². The van der Waals surface area contributed by atoms with E-state index < -0.39 is 0 Å². The molecule has 0 aromatic heterocycles. The van der Waals surface area contributed by atoms with Gasteiger partial charge in [0.2, 0.25) is 0 Å². The first-order valence-corrected chi connectivity index (χ1v) is 10.8. The van der Waals surface area contributed by atoms with Crippen LogP contribution in [0.3, 0.4) is 0 Å². The molecule has 1 aromatic carbocycles. The summed E-state index contributed by atoms with van der Waals surface area (Å²) in [5.41, 5.74) is 2.49. The molecule has 0 bridgehead atoms. The Morgan fingerprint density at radius 3 is 2.62 bits per heavy atom. The first kappa shape index (κ1) is 21.1. The third kappa shape index (κ3) is 6.51. The van der Waals surface area contributed by atoms with Gasteiger partial charge >= 0.3 is 0 Å². The number of rotatable bonds is 8. The second-order valence-corrected chi connectivity index (χ2v) is 9.43. The Labute approximate surface area is 163 Å². The molecule has 26 heavy (non-hydrogen) atoms. The molecule has 1 aliphatic heterocycles. The monoisotopic (exact) mass is 379 g/mol. The third-order valence-corrected chi connectivity index (χ3v) is 5.83. The number of ether oxygens (including phenoxy) is 1. The molecule has 4 nitrogen and oxygen atoms in total. The lowest BCUT2D eigenvalue weighted by Crippen LogP contribution is -2.51. The molecule has 0 radical (unpaired) electrons. The first-order chi connectivity index (χ1) is 12.3. The number of aryl methyl sites for hydroxylation is 1. The number of amides is 1. The fourth-order valence-electron chi connectivity index (χ4n) is 3.28. The summed E-state index contributed by atoms with van der Waals surface area (Å²) in [5, 5.41) is 0. The largest absolute Gasteiger partial charge is 0.493 e. The van der Waals surface area contributed by atoms with E-state index in [2.05, 4.69) is 53.1 Å². The highest BCUT2D eigenvalue weighted by molar-refractivity contribution is 7.99. The molecule has 1 heterocycles. The second kappa shape index (κ2) is 9.65. The summed E-state index contributed by atoms with van der Waals surface area (Å²) in [6.07, 6.45) is 0.946. The van der Waals surface area contributed by atoms with E-state index in [1.807, 2.05) is 16.7 Å². The fourth-order valence-corrected chi connectivity index (χ4v) is 4.18. The van der Waals surface area contributed by atoms with Crippen LogP contribution in [0, 0.1) is 6.92 Å². The van der Waals surface area contributed by atoms with Crippen LogP contribution >= 0.6 is 11.8 Å². The van der Waals surface area contributed by atoms with Crippen molar-refractivity contribution in [1.29, 1.82) is 0 Å². The van der Waals surface area contributed by atoms with E-state index in [4.69, 9.17) is 4.74 Å². The van der Waals surface area contributed by atoms with Crippen molar-refractivity contribution in [2.75, 3.05) is 58.4 Å². The van der Waals surface area contributed by atoms with Crippen molar-refractivity contribution in [3.8, 4) is 5.75 Å². The average molecular weight is 380 g/mol. The van der Waals surface area contributed by atoms with E-state index in [9.17, 15) is 4.79 Å². The summed E-state index contributed by atoms with van der Waals surface area (Å²) in [6, 6.07) is 6.45. The molecule has 1 aromatic rings. The number of quaternary nitrogens is 1. The number of hydrogen-bond acceptors (Lipinski definition) is 3. The van der Waals surface area contributed by atoms with Gasteiger partial charge in [0.1, 0.15) is 5.75 Å². The Hall–Kier alpha value is -1.20. The van der Waals surface area contributed by atoms with Crippen molar-refractivity contribution >= 4 is 17.7 Å².